The van der Waals surface area contributed by atoms with Crippen LogP contribution in [0.5, 0.6) is 0 Å². The van der Waals surface area contributed by atoms with Gasteiger partial charge < -0.3 is 15.7 Å². The summed E-state index contributed by atoms with van der Waals surface area (Å²) in [4.78, 5) is 0. The fourth-order valence-corrected chi connectivity index (χ4v) is 1.51. The highest BCUT2D eigenvalue weighted by Gasteiger charge is 2.06. The Labute approximate surface area is 86.7 Å². The third kappa shape index (κ3) is 2.71. The van der Waals surface area contributed by atoms with E-state index in [1.54, 1.807) is 12.1 Å². The summed E-state index contributed by atoms with van der Waals surface area (Å²) in [6, 6.07) is 3.52. The summed E-state index contributed by atoms with van der Waals surface area (Å²) in [5, 5.41) is 27.9. The number of thioether (sulfide) groups is 1. The lowest BCUT2D eigenvalue weighted by molar-refractivity contribution is -0.645. The van der Waals surface area contributed by atoms with E-state index in [0.717, 1.165) is 10.3 Å². The maximum atomic E-state index is 11.3. The van der Waals surface area contributed by atoms with Crippen molar-refractivity contribution in [1.82, 2.24) is 0 Å². The van der Waals surface area contributed by atoms with Crippen molar-refractivity contribution in [3.05, 3.63) is 29.1 Å². The van der Waals surface area contributed by atoms with Crippen LogP contribution in [0, 0.1) is 10.6 Å². The van der Waals surface area contributed by atoms with Gasteiger partial charge in [-0.25, -0.2) is 0 Å². The lowest BCUT2D eigenvalue weighted by Gasteiger charge is -2.04. The van der Waals surface area contributed by atoms with Gasteiger partial charge in [0.05, 0.1) is 6.61 Å². The van der Waals surface area contributed by atoms with Crippen molar-refractivity contribution in [3.63, 3.8) is 0 Å². The molecule has 2 N–H and O–H groups in total. The highest BCUT2D eigenvalue weighted by atomic mass is 32.2. The summed E-state index contributed by atoms with van der Waals surface area (Å²) in [7, 11) is 0. The summed E-state index contributed by atoms with van der Waals surface area (Å²) in [5.74, 6) is 0. The summed E-state index contributed by atoms with van der Waals surface area (Å²) in [6.45, 7) is -0.261. The number of aliphatic hydroxyl groups is 1. The SMILES string of the molecule is CSc1ccc(CC(=N)CO)c[n+]1[O-]. The quantitative estimate of drug-likeness (QED) is 0.332. The first-order valence-corrected chi connectivity index (χ1v) is 5.33. The van der Waals surface area contributed by atoms with Crippen LogP contribution >= 0.6 is 11.8 Å². The molecule has 0 unspecified atom stereocenters. The Kier molecular flexibility index (Phi) is 3.91. The Hall–Kier alpha value is -1.07. The minimum atomic E-state index is -0.261. The van der Waals surface area contributed by atoms with Crippen LogP contribution in [0.3, 0.4) is 0 Å². The first kappa shape index (κ1) is 11.0. The lowest BCUT2D eigenvalue weighted by atomic mass is 10.1. The van der Waals surface area contributed by atoms with Crippen molar-refractivity contribution in [2.24, 2.45) is 0 Å². The van der Waals surface area contributed by atoms with Crippen LogP contribution in [0.2, 0.25) is 0 Å². The highest BCUT2D eigenvalue weighted by Crippen LogP contribution is 2.09. The number of rotatable bonds is 4. The maximum absolute atomic E-state index is 11.3. The van der Waals surface area contributed by atoms with Crippen LogP contribution in [0.1, 0.15) is 5.56 Å². The number of nitrogens with one attached hydrogen (secondary N) is 1. The molecule has 1 aromatic rings. The minimum Gasteiger partial charge on any atom is -0.618 e. The van der Waals surface area contributed by atoms with Crippen LogP contribution in [-0.4, -0.2) is 23.7 Å². The monoisotopic (exact) mass is 212 g/mol. The molecule has 0 radical (unpaired) electrons. The summed E-state index contributed by atoms with van der Waals surface area (Å²) >= 11 is 1.38. The van der Waals surface area contributed by atoms with Crippen LogP contribution < -0.4 is 4.73 Å². The molecule has 0 saturated carbocycles. The second-order valence-corrected chi connectivity index (χ2v) is 3.67. The zero-order chi connectivity index (χ0) is 10.6. The number of hydrogen-bond acceptors (Lipinski definition) is 4. The molecule has 76 valence electrons. The molecule has 0 aliphatic carbocycles. The Morgan fingerprint density at radius 1 is 1.64 bits per heavy atom. The molecule has 0 aliphatic heterocycles. The third-order valence-electron chi connectivity index (χ3n) is 1.76. The smallest absolute Gasteiger partial charge is 0.251 e. The summed E-state index contributed by atoms with van der Waals surface area (Å²) in [5.41, 5.74) is 0.957. The molecule has 4 nitrogen and oxygen atoms in total. The largest absolute Gasteiger partial charge is 0.618 e. The van der Waals surface area contributed by atoms with Gasteiger partial charge in [-0.05, 0) is 12.3 Å². The number of nitrogens with zero attached hydrogens (tertiary/aromatic N) is 1. The van der Waals surface area contributed by atoms with Gasteiger partial charge in [0.2, 0.25) is 0 Å². The lowest BCUT2D eigenvalue weighted by Crippen LogP contribution is -2.29. The van der Waals surface area contributed by atoms with E-state index < -0.39 is 0 Å². The van der Waals surface area contributed by atoms with Gasteiger partial charge in [-0.3, -0.25) is 0 Å². The van der Waals surface area contributed by atoms with Crippen LogP contribution in [0.4, 0.5) is 0 Å². The summed E-state index contributed by atoms with van der Waals surface area (Å²) in [6.07, 6.45) is 3.60. The Bertz CT molecular complexity index is 342. The van der Waals surface area contributed by atoms with Crippen molar-refractivity contribution in [2.75, 3.05) is 12.9 Å². The first-order valence-electron chi connectivity index (χ1n) is 4.10. The van der Waals surface area contributed by atoms with E-state index in [2.05, 4.69) is 0 Å². The van der Waals surface area contributed by atoms with E-state index in [4.69, 9.17) is 10.5 Å². The van der Waals surface area contributed by atoms with Gasteiger partial charge in [-0.15, -0.1) is 0 Å². The number of pyridine rings is 1. The van der Waals surface area contributed by atoms with Gasteiger partial charge in [0.1, 0.15) is 0 Å². The molecular formula is C9H12N2O2S. The molecule has 0 atom stereocenters. The van der Waals surface area contributed by atoms with Gasteiger partial charge in [-0.1, -0.05) is 11.8 Å². The Morgan fingerprint density at radius 2 is 2.36 bits per heavy atom. The van der Waals surface area contributed by atoms with Crippen molar-refractivity contribution >= 4 is 17.5 Å². The Morgan fingerprint density at radius 3 is 2.86 bits per heavy atom. The predicted molar refractivity (Wildman–Crippen MR) is 55.7 cm³/mol. The summed E-state index contributed by atoms with van der Waals surface area (Å²) < 4.78 is 0.782. The average molecular weight is 212 g/mol. The van der Waals surface area contributed by atoms with E-state index in [1.165, 1.54) is 18.0 Å². The molecule has 1 rings (SSSR count). The van der Waals surface area contributed by atoms with Crippen molar-refractivity contribution in [2.45, 2.75) is 11.4 Å². The topological polar surface area (TPSA) is 71.0 Å². The van der Waals surface area contributed by atoms with Crippen molar-refractivity contribution in [3.8, 4) is 0 Å². The molecule has 0 fully saturated rings. The van der Waals surface area contributed by atoms with E-state index in [1.807, 2.05) is 6.26 Å². The molecule has 1 heterocycles. The first-order chi connectivity index (χ1) is 6.67. The Balaban J connectivity index is 2.81. The van der Waals surface area contributed by atoms with Crippen LogP contribution in [0.25, 0.3) is 0 Å². The van der Waals surface area contributed by atoms with E-state index in [9.17, 15) is 5.21 Å². The molecule has 0 spiro atoms. The van der Waals surface area contributed by atoms with Gasteiger partial charge >= 0.3 is 0 Å². The third-order valence-corrected chi connectivity index (χ3v) is 2.49. The molecule has 0 bridgehead atoms. The fourth-order valence-electron chi connectivity index (χ4n) is 1.07. The predicted octanol–water partition coefficient (Wildman–Crippen LogP) is 0.596. The molecule has 0 aromatic carbocycles. The van der Waals surface area contributed by atoms with E-state index in [-0.39, 0.29) is 12.3 Å². The zero-order valence-electron chi connectivity index (χ0n) is 7.86. The van der Waals surface area contributed by atoms with Crippen molar-refractivity contribution in [1.29, 1.82) is 5.41 Å². The molecule has 1 aromatic heterocycles. The molecule has 14 heavy (non-hydrogen) atoms. The fraction of sp³-hybridized carbons (Fsp3) is 0.333. The van der Waals surface area contributed by atoms with E-state index >= 15 is 0 Å². The average Bonchev–Trinajstić information content (AvgIpc) is 2.18. The van der Waals surface area contributed by atoms with Gasteiger partial charge in [-0.2, -0.15) is 4.73 Å². The number of aromatic nitrogens is 1. The number of hydrogen-bond donors (Lipinski definition) is 2. The molecule has 0 aliphatic rings. The zero-order valence-corrected chi connectivity index (χ0v) is 8.67. The standard InChI is InChI=1S/C9H12N2O2S/c1-14-9-3-2-7(5-11(9)13)4-8(10)6-12/h2-3,5,10,12H,4,6H2,1H3. The maximum Gasteiger partial charge on any atom is 0.251 e. The second kappa shape index (κ2) is 4.97. The highest BCUT2D eigenvalue weighted by molar-refractivity contribution is 7.98. The minimum absolute atomic E-state index is 0.210. The van der Waals surface area contributed by atoms with E-state index in [0.29, 0.717) is 11.4 Å². The number of aliphatic hydroxyl groups excluding tert-OH is 1. The van der Waals surface area contributed by atoms with Gasteiger partial charge in [0.25, 0.3) is 5.03 Å². The van der Waals surface area contributed by atoms with Gasteiger partial charge in [0.15, 0.2) is 6.20 Å². The van der Waals surface area contributed by atoms with Gasteiger partial charge in [0, 0.05) is 23.8 Å². The molecule has 0 saturated heterocycles. The van der Waals surface area contributed by atoms with Crippen LogP contribution in [0.15, 0.2) is 23.4 Å². The molecular weight excluding hydrogens is 200 g/mol. The van der Waals surface area contributed by atoms with Crippen molar-refractivity contribution < 1.29 is 9.84 Å². The molecule has 5 heteroatoms. The molecule has 0 amide bonds. The van der Waals surface area contributed by atoms with Crippen LogP contribution in [-0.2, 0) is 6.42 Å². The second-order valence-electron chi connectivity index (χ2n) is 2.84. The normalized spacial score (nSPS) is 10.1.